The molecule has 0 N–H and O–H groups in total. The predicted molar refractivity (Wildman–Crippen MR) is 65.8 cm³/mol. The summed E-state index contributed by atoms with van der Waals surface area (Å²) in [5.41, 5.74) is 3.53. The van der Waals surface area contributed by atoms with E-state index in [9.17, 15) is 9.59 Å². The lowest BCUT2D eigenvalue weighted by Crippen LogP contribution is -2.26. The van der Waals surface area contributed by atoms with Gasteiger partial charge >= 0.3 is 0 Å². The van der Waals surface area contributed by atoms with E-state index in [0.29, 0.717) is 6.42 Å². The number of carbonyl (C=O) groups is 2. The number of Topliss-reactive ketones (excluding diaryl/α,β-unsaturated/α-hetero) is 2. The van der Waals surface area contributed by atoms with Gasteiger partial charge < -0.3 is 0 Å². The molecule has 2 aliphatic carbocycles. The van der Waals surface area contributed by atoms with E-state index in [4.69, 9.17) is 0 Å². The SMILES string of the molecule is O=C1CCCC(c2ccc3c(c2)CC=C3)C1=O. The molecular formula is C15H14O2. The second-order valence-corrected chi connectivity index (χ2v) is 4.80. The van der Waals surface area contributed by atoms with Gasteiger partial charge in [0, 0.05) is 6.42 Å². The van der Waals surface area contributed by atoms with E-state index in [2.05, 4.69) is 24.3 Å². The van der Waals surface area contributed by atoms with Gasteiger partial charge in [-0.05, 0) is 36.0 Å². The molecule has 2 aliphatic rings. The van der Waals surface area contributed by atoms with Crippen molar-refractivity contribution in [2.24, 2.45) is 0 Å². The molecule has 0 aromatic heterocycles. The molecule has 1 aromatic rings. The molecule has 0 amide bonds. The molecule has 1 atom stereocenters. The fourth-order valence-electron chi connectivity index (χ4n) is 2.73. The highest BCUT2D eigenvalue weighted by Crippen LogP contribution is 2.31. The minimum absolute atomic E-state index is 0.192. The highest BCUT2D eigenvalue weighted by atomic mass is 16.2. The van der Waals surface area contributed by atoms with Crippen LogP contribution in [-0.4, -0.2) is 11.6 Å². The first-order valence-electron chi connectivity index (χ1n) is 6.12. The Morgan fingerprint density at radius 3 is 2.94 bits per heavy atom. The summed E-state index contributed by atoms with van der Waals surface area (Å²) in [5, 5.41) is 0. The van der Waals surface area contributed by atoms with E-state index in [-0.39, 0.29) is 17.5 Å². The second-order valence-electron chi connectivity index (χ2n) is 4.80. The maximum atomic E-state index is 11.9. The molecule has 1 unspecified atom stereocenters. The molecule has 0 radical (unpaired) electrons. The third kappa shape index (κ3) is 1.74. The molecule has 1 saturated carbocycles. The van der Waals surface area contributed by atoms with Crippen molar-refractivity contribution in [2.45, 2.75) is 31.6 Å². The number of hydrogen-bond donors (Lipinski definition) is 0. The van der Waals surface area contributed by atoms with Gasteiger partial charge in [0.25, 0.3) is 0 Å². The molecule has 1 fully saturated rings. The molecule has 0 aliphatic heterocycles. The summed E-state index contributed by atoms with van der Waals surface area (Å²) in [6.07, 6.45) is 7.26. The molecule has 86 valence electrons. The van der Waals surface area contributed by atoms with Crippen LogP contribution in [0.3, 0.4) is 0 Å². The molecule has 0 bridgehead atoms. The topological polar surface area (TPSA) is 34.1 Å². The lowest BCUT2D eigenvalue weighted by molar-refractivity contribution is -0.139. The number of hydrogen-bond acceptors (Lipinski definition) is 2. The Kier molecular flexibility index (Phi) is 2.43. The van der Waals surface area contributed by atoms with Crippen LogP contribution < -0.4 is 0 Å². The Hall–Kier alpha value is -1.70. The highest BCUT2D eigenvalue weighted by molar-refractivity contribution is 6.39. The third-order valence-corrected chi connectivity index (χ3v) is 3.69. The van der Waals surface area contributed by atoms with E-state index >= 15 is 0 Å². The van der Waals surface area contributed by atoms with E-state index < -0.39 is 0 Å². The zero-order valence-electron chi connectivity index (χ0n) is 9.61. The van der Waals surface area contributed by atoms with Crippen molar-refractivity contribution in [3.63, 3.8) is 0 Å². The smallest absolute Gasteiger partial charge is 0.205 e. The van der Waals surface area contributed by atoms with Crippen molar-refractivity contribution >= 4 is 17.6 Å². The Morgan fingerprint density at radius 2 is 2.06 bits per heavy atom. The first-order valence-corrected chi connectivity index (χ1v) is 6.12. The van der Waals surface area contributed by atoms with Gasteiger partial charge in [-0.3, -0.25) is 9.59 Å². The Balaban J connectivity index is 1.94. The van der Waals surface area contributed by atoms with Gasteiger partial charge in [0.1, 0.15) is 0 Å². The van der Waals surface area contributed by atoms with Crippen LogP contribution in [0, 0.1) is 0 Å². The van der Waals surface area contributed by atoms with Crippen molar-refractivity contribution < 1.29 is 9.59 Å². The summed E-state index contributed by atoms with van der Waals surface area (Å²) in [4.78, 5) is 23.3. The molecule has 0 spiro atoms. The van der Waals surface area contributed by atoms with Crippen LogP contribution in [0.25, 0.3) is 6.08 Å². The minimum Gasteiger partial charge on any atom is -0.291 e. The maximum absolute atomic E-state index is 11.9. The summed E-state index contributed by atoms with van der Waals surface area (Å²) >= 11 is 0. The minimum atomic E-state index is -0.195. The van der Waals surface area contributed by atoms with Crippen molar-refractivity contribution in [3.05, 3.63) is 41.0 Å². The summed E-state index contributed by atoms with van der Waals surface area (Å²) in [6.45, 7) is 0. The molecule has 3 rings (SSSR count). The number of rotatable bonds is 1. The quantitative estimate of drug-likeness (QED) is 0.690. The summed E-state index contributed by atoms with van der Waals surface area (Å²) in [7, 11) is 0. The second kappa shape index (κ2) is 3.95. The highest BCUT2D eigenvalue weighted by Gasteiger charge is 2.30. The van der Waals surface area contributed by atoms with Gasteiger partial charge in [-0.1, -0.05) is 30.4 Å². The molecular weight excluding hydrogens is 212 g/mol. The fourth-order valence-corrected chi connectivity index (χ4v) is 2.73. The van der Waals surface area contributed by atoms with Crippen LogP contribution in [0.5, 0.6) is 0 Å². The lowest BCUT2D eigenvalue weighted by atomic mass is 9.81. The van der Waals surface area contributed by atoms with Crippen LogP contribution in [-0.2, 0) is 16.0 Å². The first kappa shape index (κ1) is 10.5. The van der Waals surface area contributed by atoms with Crippen molar-refractivity contribution in [2.75, 3.05) is 0 Å². The monoisotopic (exact) mass is 226 g/mol. The van der Waals surface area contributed by atoms with Crippen molar-refractivity contribution in [3.8, 4) is 0 Å². The van der Waals surface area contributed by atoms with Crippen LogP contribution in [0.4, 0.5) is 0 Å². The zero-order valence-corrected chi connectivity index (χ0v) is 9.61. The van der Waals surface area contributed by atoms with E-state index in [1.807, 2.05) is 6.07 Å². The lowest BCUT2D eigenvalue weighted by Gasteiger charge is -2.20. The molecule has 2 heteroatoms. The third-order valence-electron chi connectivity index (χ3n) is 3.69. The normalized spacial score (nSPS) is 22.9. The Bertz CT molecular complexity index is 526. The van der Waals surface area contributed by atoms with Crippen LogP contribution in [0.2, 0.25) is 0 Å². The number of ketones is 2. The van der Waals surface area contributed by atoms with Gasteiger partial charge in [-0.25, -0.2) is 0 Å². The average molecular weight is 226 g/mol. The molecule has 0 saturated heterocycles. The largest absolute Gasteiger partial charge is 0.291 e. The fraction of sp³-hybridized carbons (Fsp3) is 0.333. The summed E-state index contributed by atoms with van der Waals surface area (Å²) in [6, 6.07) is 6.15. The van der Waals surface area contributed by atoms with Crippen LogP contribution in [0.1, 0.15) is 41.9 Å². The van der Waals surface area contributed by atoms with Crippen molar-refractivity contribution in [1.82, 2.24) is 0 Å². The van der Waals surface area contributed by atoms with Gasteiger partial charge in [0.05, 0.1) is 5.92 Å². The van der Waals surface area contributed by atoms with Crippen LogP contribution >= 0.6 is 0 Å². The van der Waals surface area contributed by atoms with Crippen molar-refractivity contribution in [1.29, 1.82) is 0 Å². The Morgan fingerprint density at radius 1 is 1.18 bits per heavy atom. The standard InChI is InChI=1S/C15H14O2/c16-14-6-2-5-13(15(14)17)12-8-7-10-3-1-4-11(10)9-12/h1,3,7-9,13H,2,4-6H2. The number of fused-ring (bicyclic) bond motifs is 1. The Labute approximate surface area is 100 Å². The van der Waals surface area contributed by atoms with E-state index in [1.165, 1.54) is 11.1 Å². The zero-order chi connectivity index (χ0) is 11.8. The van der Waals surface area contributed by atoms with E-state index in [1.54, 1.807) is 0 Å². The van der Waals surface area contributed by atoms with Gasteiger partial charge in [0.15, 0.2) is 5.78 Å². The van der Waals surface area contributed by atoms with Gasteiger partial charge in [-0.2, -0.15) is 0 Å². The van der Waals surface area contributed by atoms with E-state index in [0.717, 1.165) is 24.8 Å². The molecule has 0 heterocycles. The number of carbonyl (C=O) groups excluding carboxylic acids is 2. The summed E-state index contributed by atoms with van der Waals surface area (Å²) in [5.74, 6) is -0.579. The average Bonchev–Trinajstić information content (AvgIpc) is 2.79. The van der Waals surface area contributed by atoms with Crippen LogP contribution in [0.15, 0.2) is 24.3 Å². The maximum Gasteiger partial charge on any atom is 0.205 e. The molecule has 1 aromatic carbocycles. The van der Waals surface area contributed by atoms with Gasteiger partial charge in [0.2, 0.25) is 5.78 Å². The molecule has 17 heavy (non-hydrogen) atoms. The van der Waals surface area contributed by atoms with Gasteiger partial charge in [-0.15, -0.1) is 0 Å². The molecule has 2 nitrogen and oxygen atoms in total. The summed E-state index contributed by atoms with van der Waals surface area (Å²) < 4.78 is 0. The number of benzene rings is 1. The predicted octanol–water partition coefficient (Wildman–Crippen LogP) is 2.66. The first-order chi connectivity index (χ1) is 8.25. The number of allylic oxidation sites excluding steroid dienone is 1.